The highest BCUT2D eigenvalue weighted by Gasteiger charge is 2.26. The molecule has 0 radical (unpaired) electrons. The standard InChI is InChI=1S/C19H20ClN5O2/c1-13(20)9-12-25-17(26)15-16(22(2)19(25)27)21-18-23(10-6-11-24(15)18)14-7-4-3-5-8-14/h3-5,7-9H,6,10-12H2,1-2H3. The number of hydrogen-bond acceptors (Lipinski definition) is 4. The van der Waals surface area contributed by atoms with Gasteiger partial charge in [0.2, 0.25) is 5.95 Å². The van der Waals surface area contributed by atoms with Crippen LogP contribution in [0.25, 0.3) is 11.2 Å². The first-order chi connectivity index (χ1) is 13.0. The van der Waals surface area contributed by atoms with E-state index < -0.39 is 5.69 Å². The minimum Gasteiger partial charge on any atom is -0.312 e. The molecule has 1 aliphatic heterocycles. The lowest BCUT2D eigenvalue weighted by atomic mass is 10.2. The number of hydrogen-bond donors (Lipinski definition) is 0. The van der Waals surface area contributed by atoms with Crippen LogP contribution >= 0.6 is 11.6 Å². The van der Waals surface area contributed by atoms with Gasteiger partial charge in [0.1, 0.15) is 0 Å². The molecule has 8 heteroatoms. The predicted molar refractivity (Wildman–Crippen MR) is 107 cm³/mol. The van der Waals surface area contributed by atoms with Crippen molar-refractivity contribution >= 4 is 34.4 Å². The Hall–Kier alpha value is -2.80. The Balaban J connectivity index is 1.97. The zero-order valence-corrected chi connectivity index (χ0v) is 16.0. The van der Waals surface area contributed by atoms with Crippen molar-refractivity contribution in [1.82, 2.24) is 18.7 Å². The Morgan fingerprint density at radius 1 is 1.22 bits per heavy atom. The van der Waals surface area contributed by atoms with Crippen LogP contribution in [0.5, 0.6) is 0 Å². The van der Waals surface area contributed by atoms with E-state index in [1.807, 2.05) is 34.9 Å². The van der Waals surface area contributed by atoms with Gasteiger partial charge >= 0.3 is 5.69 Å². The average molecular weight is 386 g/mol. The Morgan fingerprint density at radius 2 is 1.96 bits per heavy atom. The topological polar surface area (TPSA) is 65.1 Å². The van der Waals surface area contributed by atoms with E-state index in [1.165, 1.54) is 9.13 Å². The van der Waals surface area contributed by atoms with Crippen molar-refractivity contribution in [3.05, 3.63) is 62.3 Å². The third kappa shape index (κ3) is 2.88. The number of para-hydroxylation sites is 1. The van der Waals surface area contributed by atoms with Crippen molar-refractivity contribution in [2.24, 2.45) is 7.05 Å². The fourth-order valence-electron chi connectivity index (χ4n) is 3.50. The molecule has 0 fully saturated rings. The first kappa shape index (κ1) is 17.6. The Labute approximate surface area is 160 Å². The van der Waals surface area contributed by atoms with Crippen LogP contribution in [0, 0.1) is 0 Å². The van der Waals surface area contributed by atoms with E-state index in [1.54, 1.807) is 20.0 Å². The van der Waals surface area contributed by atoms with Gasteiger partial charge in [0.15, 0.2) is 11.2 Å². The number of aryl methyl sites for hydroxylation is 2. The summed E-state index contributed by atoms with van der Waals surface area (Å²) in [7, 11) is 1.64. The van der Waals surface area contributed by atoms with E-state index in [0.717, 1.165) is 18.7 Å². The maximum Gasteiger partial charge on any atom is 0.332 e. The number of fused-ring (bicyclic) bond motifs is 3. The van der Waals surface area contributed by atoms with Crippen LogP contribution in [0.4, 0.5) is 11.6 Å². The molecule has 0 atom stereocenters. The normalized spacial score (nSPS) is 14.6. The molecule has 3 heterocycles. The van der Waals surface area contributed by atoms with Crippen molar-refractivity contribution in [2.45, 2.75) is 26.4 Å². The van der Waals surface area contributed by atoms with Crippen molar-refractivity contribution in [3.8, 4) is 0 Å². The minimum atomic E-state index is -0.400. The molecule has 0 unspecified atom stereocenters. The SMILES string of the molecule is CC(Cl)=CCn1c(=O)c2c(nc3n2CCCN3c2ccccc2)n(C)c1=O. The van der Waals surface area contributed by atoms with Crippen LogP contribution in [0.2, 0.25) is 0 Å². The number of aromatic nitrogens is 4. The molecule has 0 saturated heterocycles. The lowest BCUT2D eigenvalue weighted by Crippen LogP contribution is -2.39. The number of allylic oxidation sites excluding steroid dienone is 2. The molecule has 7 nitrogen and oxygen atoms in total. The highest BCUT2D eigenvalue weighted by atomic mass is 35.5. The predicted octanol–water partition coefficient (Wildman–Crippen LogP) is 2.58. The maximum atomic E-state index is 13.1. The number of nitrogens with zero attached hydrogens (tertiary/aromatic N) is 5. The number of halogens is 1. The Morgan fingerprint density at radius 3 is 2.67 bits per heavy atom. The van der Waals surface area contributed by atoms with E-state index in [9.17, 15) is 9.59 Å². The van der Waals surface area contributed by atoms with E-state index in [0.29, 0.717) is 28.7 Å². The number of imidazole rings is 1. The molecule has 1 aliphatic rings. The Kier molecular flexibility index (Phi) is 4.39. The summed E-state index contributed by atoms with van der Waals surface area (Å²) in [5.74, 6) is 0.691. The van der Waals surface area contributed by atoms with Crippen molar-refractivity contribution in [1.29, 1.82) is 0 Å². The van der Waals surface area contributed by atoms with E-state index in [4.69, 9.17) is 11.6 Å². The number of benzene rings is 1. The monoisotopic (exact) mass is 385 g/mol. The molecule has 0 N–H and O–H groups in total. The molecule has 2 aromatic heterocycles. The molecular formula is C19H20ClN5O2. The third-order valence-corrected chi connectivity index (χ3v) is 4.99. The molecule has 0 amide bonds. The first-order valence-electron chi connectivity index (χ1n) is 8.84. The van der Waals surface area contributed by atoms with Crippen LogP contribution in [-0.2, 0) is 20.1 Å². The molecule has 140 valence electrons. The summed E-state index contributed by atoms with van der Waals surface area (Å²) in [4.78, 5) is 32.5. The van der Waals surface area contributed by atoms with Gasteiger partial charge in [0.25, 0.3) is 5.56 Å². The Bertz CT molecular complexity index is 1150. The third-order valence-electron chi connectivity index (χ3n) is 4.84. The largest absolute Gasteiger partial charge is 0.332 e. The number of anilines is 2. The molecule has 0 spiro atoms. The molecule has 0 bridgehead atoms. The second kappa shape index (κ2) is 6.74. The van der Waals surface area contributed by atoms with E-state index in [-0.39, 0.29) is 12.1 Å². The van der Waals surface area contributed by atoms with Crippen LogP contribution < -0.4 is 16.1 Å². The van der Waals surface area contributed by atoms with Gasteiger partial charge in [-0.1, -0.05) is 35.9 Å². The van der Waals surface area contributed by atoms with Crippen LogP contribution in [0.15, 0.2) is 51.0 Å². The van der Waals surface area contributed by atoms with Gasteiger partial charge in [-0.25, -0.2) is 4.79 Å². The van der Waals surface area contributed by atoms with Gasteiger partial charge in [0, 0.05) is 30.9 Å². The van der Waals surface area contributed by atoms with Crippen LogP contribution in [0.1, 0.15) is 13.3 Å². The fourth-order valence-corrected chi connectivity index (χ4v) is 3.56. The summed E-state index contributed by atoms with van der Waals surface area (Å²) >= 11 is 5.88. The molecule has 27 heavy (non-hydrogen) atoms. The van der Waals surface area contributed by atoms with Gasteiger partial charge < -0.3 is 9.47 Å². The second-order valence-corrected chi connectivity index (χ2v) is 7.22. The molecular weight excluding hydrogens is 366 g/mol. The maximum absolute atomic E-state index is 13.1. The van der Waals surface area contributed by atoms with E-state index >= 15 is 0 Å². The quantitative estimate of drug-likeness (QED) is 0.695. The summed E-state index contributed by atoms with van der Waals surface area (Å²) in [5.41, 5.74) is 1.14. The molecule has 3 aromatic rings. The van der Waals surface area contributed by atoms with Crippen molar-refractivity contribution in [3.63, 3.8) is 0 Å². The van der Waals surface area contributed by atoms with Crippen molar-refractivity contribution < 1.29 is 0 Å². The lowest BCUT2D eigenvalue weighted by molar-refractivity contribution is 0.598. The smallest absolute Gasteiger partial charge is 0.312 e. The molecule has 1 aromatic carbocycles. The lowest BCUT2D eigenvalue weighted by Gasteiger charge is -2.28. The average Bonchev–Trinajstić information content (AvgIpc) is 3.06. The highest BCUT2D eigenvalue weighted by molar-refractivity contribution is 6.29. The van der Waals surface area contributed by atoms with Gasteiger partial charge in [-0.2, -0.15) is 4.98 Å². The molecule has 0 saturated carbocycles. The first-order valence-corrected chi connectivity index (χ1v) is 9.21. The molecule has 4 rings (SSSR count). The van der Waals surface area contributed by atoms with Gasteiger partial charge in [-0.15, -0.1) is 0 Å². The minimum absolute atomic E-state index is 0.139. The summed E-state index contributed by atoms with van der Waals surface area (Å²) in [6.07, 6.45) is 2.54. The van der Waals surface area contributed by atoms with Crippen molar-refractivity contribution in [2.75, 3.05) is 11.4 Å². The second-order valence-electron chi connectivity index (χ2n) is 6.62. The summed E-state index contributed by atoms with van der Waals surface area (Å²) in [6, 6.07) is 9.94. The summed E-state index contributed by atoms with van der Waals surface area (Å²) in [5, 5.41) is 0.537. The fraction of sp³-hybridized carbons (Fsp3) is 0.316. The zero-order valence-electron chi connectivity index (χ0n) is 15.2. The highest BCUT2D eigenvalue weighted by Crippen LogP contribution is 2.30. The van der Waals surface area contributed by atoms with Crippen LogP contribution in [-0.4, -0.2) is 25.2 Å². The van der Waals surface area contributed by atoms with Crippen LogP contribution in [0.3, 0.4) is 0 Å². The summed E-state index contributed by atoms with van der Waals surface area (Å²) in [6.45, 7) is 3.35. The van der Waals surface area contributed by atoms with Gasteiger partial charge in [-0.05, 0) is 25.5 Å². The molecule has 0 aliphatic carbocycles. The van der Waals surface area contributed by atoms with E-state index in [2.05, 4.69) is 9.88 Å². The zero-order chi connectivity index (χ0) is 19.1. The van der Waals surface area contributed by atoms with Gasteiger partial charge in [-0.3, -0.25) is 13.9 Å². The van der Waals surface area contributed by atoms with Gasteiger partial charge in [0.05, 0.1) is 6.54 Å². The number of rotatable bonds is 3. The summed E-state index contributed by atoms with van der Waals surface area (Å²) < 4.78 is 4.55.